The van der Waals surface area contributed by atoms with Crippen LogP contribution in [-0.4, -0.2) is 19.9 Å². The Hall–Kier alpha value is -6.44. The van der Waals surface area contributed by atoms with Crippen LogP contribution >= 0.6 is 0 Å². The second kappa shape index (κ2) is 16.2. The largest absolute Gasteiger partial charge is 0.244 e. The maximum absolute atomic E-state index is 5.18. The molecule has 2 aromatic heterocycles. The van der Waals surface area contributed by atoms with Gasteiger partial charge in [-0.05, 0) is 186 Å². The van der Waals surface area contributed by atoms with E-state index >= 15 is 0 Å². The second-order valence-corrected chi connectivity index (χ2v) is 21.1. The van der Waals surface area contributed by atoms with Gasteiger partial charge in [0, 0.05) is 16.4 Å². The average molecular weight is 863 g/mol. The smallest absolute Gasteiger partial charge is 0.0917 e. The van der Waals surface area contributed by atoms with Crippen molar-refractivity contribution in [1.29, 1.82) is 0 Å². The molecule has 0 atom stereocenters. The quantitative estimate of drug-likeness (QED) is 0.113. The Kier molecular flexibility index (Phi) is 10.6. The van der Waals surface area contributed by atoms with Crippen LogP contribution in [0.4, 0.5) is 0 Å². The van der Waals surface area contributed by atoms with Crippen LogP contribution in [0.1, 0.15) is 94.2 Å². The molecular weight excluding hydrogens is 801 g/mol. The van der Waals surface area contributed by atoms with Crippen molar-refractivity contribution in [3.05, 3.63) is 132 Å². The molecule has 330 valence electrons. The summed E-state index contributed by atoms with van der Waals surface area (Å²) in [5.41, 5.74) is 11.5. The zero-order valence-electron chi connectivity index (χ0n) is 40.8. The van der Waals surface area contributed by atoms with Crippen LogP contribution in [0.2, 0.25) is 0 Å². The predicted molar refractivity (Wildman–Crippen MR) is 283 cm³/mol. The van der Waals surface area contributed by atoms with Gasteiger partial charge >= 0.3 is 0 Å². The van der Waals surface area contributed by atoms with Gasteiger partial charge in [-0.1, -0.05) is 125 Å². The van der Waals surface area contributed by atoms with E-state index in [4.69, 9.17) is 19.9 Å². The van der Waals surface area contributed by atoms with Gasteiger partial charge < -0.3 is 0 Å². The first-order chi connectivity index (χ1) is 31.5. The van der Waals surface area contributed by atoms with E-state index in [0.29, 0.717) is 35.5 Å². The van der Waals surface area contributed by atoms with Gasteiger partial charge in [-0.2, -0.15) is 0 Å². The highest BCUT2D eigenvalue weighted by molar-refractivity contribution is 6.09. The number of benzene rings is 8. The minimum atomic E-state index is -0.0293. The number of fused-ring (bicyclic) bond motifs is 8. The molecule has 66 heavy (non-hydrogen) atoms. The summed E-state index contributed by atoms with van der Waals surface area (Å²) >= 11 is 0. The first-order valence-corrected chi connectivity index (χ1v) is 24.3. The summed E-state index contributed by atoms with van der Waals surface area (Å²) in [6, 6.07) is 44.7. The Morgan fingerprint density at radius 1 is 0.318 bits per heavy atom. The van der Waals surface area contributed by atoms with Gasteiger partial charge in [0.1, 0.15) is 0 Å². The van der Waals surface area contributed by atoms with Gasteiger partial charge in [-0.3, -0.25) is 0 Å². The average Bonchev–Trinajstić information content (AvgIpc) is 3.26. The molecule has 2 heterocycles. The third kappa shape index (κ3) is 7.05. The van der Waals surface area contributed by atoms with E-state index in [9.17, 15) is 0 Å². The molecule has 0 N–H and O–H groups in total. The van der Waals surface area contributed by atoms with E-state index in [1.807, 2.05) is 12.1 Å². The molecule has 10 rings (SSSR count). The number of rotatable bonds is 8. The molecule has 4 nitrogen and oxygen atoms in total. The zero-order chi connectivity index (χ0) is 46.4. The topological polar surface area (TPSA) is 51.6 Å². The van der Waals surface area contributed by atoms with E-state index in [1.54, 1.807) is 0 Å². The molecular formula is C62H62N4. The Bertz CT molecular complexity index is 3590. The van der Waals surface area contributed by atoms with E-state index in [-0.39, 0.29) is 10.8 Å². The van der Waals surface area contributed by atoms with Gasteiger partial charge in [-0.25, -0.2) is 19.9 Å². The van der Waals surface area contributed by atoms with Crippen molar-refractivity contribution >= 4 is 87.2 Å². The fraction of sp³-hybridized carbons (Fsp3) is 0.323. The molecule has 0 amide bonds. The second-order valence-electron chi connectivity index (χ2n) is 21.1. The minimum Gasteiger partial charge on any atom is -0.244 e. The molecule has 0 saturated carbocycles. The first-order valence-electron chi connectivity index (χ1n) is 24.3. The molecule has 0 aliphatic heterocycles. The van der Waals surface area contributed by atoms with Crippen LogP contribution < -0.4 is 0 Å². The van der Waals surface area contributed by atoms with Gasteiger partial charge in [0.15, 0.2) is 0 Å². The number of hydrogen-bond donors (Lipinski definition) is 0. The van der Waals surface area contributed by atoms with Gasteiger partial charge in [0.2, 0.25) is 0 Å². The van der Waals surface area contributed by atoms with Crippen LogP contribution in [0.5, 0.6) is 0 Å². The summed E-state index contributed by atoms with van der Waals surface area (Å²) < 4.78 is 0. The summed E-state index contributed by atoms with van der Waals surface area (Å²) in [6.07, 6.45) is 0. The maximum Gasteiger partial charge on any atom is 0.0917 e. The van der Waals surface area contributed by atoms with Crippen molar-refractivity contribution in [3.8, 4) is 23.0 Å². The van der Waals surface area contributed by atoms with Crippen molar-refractivity contribution in [1.82, 2.24) is 19.9 Å². The molecule has 0 aliphatic rings. The van der Waals surface area contributed by atoms with Crippen molar-refractivity contribution in [3.63, 3.8) is 0 Å². The highest BCUT2D eigenvalue weighted by atomic mass is 14.8. The maximum atomic E-state index is 5.18. The van der Waals surface area contributed by atoms with Crippen molar-refractivity contribution in [2.24, 2.45) is 40.9 Å². The molecule has 10 aromatic rings. The summed E-state index contributed by atoms with van der Waals surface area (Å²) in [7, 11) is 0. The molecule has 0 fully saturated rings. The molecule has 0 bridgehead atoms. The molecule has 0 aliphatic carbocycles. The normalized spacial score (nSPS) is 12.9. The molecule has 4 heteroatoms. The van der Waals surface area contributed by atoms with E-state index in [2.05, 4.69) is 204 Å². The van der Waals surface area contributed by atoms with Crippen molar-refractivity contribution in [2.75, 3.05) is 0 Å². The summed E-state index contributed by atoms with van der Waals surface area (Å²) in [6.45, 7) is 28.0. The number of nitrogens with zero attached hydrogens (tertiary/aromatic N) is 4. The number of hydrogen-bond acceptors (Lipinski definition) is 4. The minimum absolute atomic E-state index is 0.0293. The standard InChI is InChI=1S/C62H62N4/c1-35(2)61(36(3)4,37(5)6)22-21-41-13-14-43-25-48-30-51-28-47-24-42(15-16-44(47)26-49(51)29-50(48)27-46(43)23-41)45-17-19-53-55(31-45)65-59-33-58-60(34-57(59)63-53)66-56-32-52(18-20-54(56)64-58)62(38(7)8,39(9)10)40(11)12/h13-20,23-40H,1-12H3. The molecule has 8 aromatic carbocycles. The molecule has 0 unspecified atom stereocenters. The Labute approximate surface area is 390 Å². The van der Waals surface area contributed by atoms with Crippen molar-refractivity contribution < 1.29 is 0 Å². The highest BCUT2D eigenvalue weighted by Gasteiger charge is 2.42. The van der Waals surface area contributed by atoms with E-state index in [1.165, 1.54) is 48.7 Å². The Morgan fingerprint density at radius 2 is 0.697 bits per heavy atom. The van der Waals surface area contributed by atoms with Crippen LogP contribution in [0.25, 0.3) is 98.4 Å². The van der Waals surface area contributed by atoms with E-state index in [0.717, 1.165) is 60.8 Å². The van der Waals surface area contributed by atoms with Crippen LogP contribution in [0, 0.1) is 52.8 Å². The summed E-state index contributed by atoms with van der Waals surface area (Å²) in [5.74, 6) is 10.3. The van der Waals surface area contributed by atoms with Crippen LogP contribution in [-0.2, 0) is 5.41 Å². The van der Waals surface area contributed by atoms with Gasteiger partial charge in [-0.15, -0.1) is 0 Å². The summed E-state index contributed by atoms with van der Waals surface area (Å²) in [4.78, 5) is 20.5. The van der Waals surface area contributed by atoms with Crippen molar-refractivity contribution in [2.45, 2.75) is 88.5 Å². The Morgan fingerprint density at radius 3 is 1.20 bits per heavy atom. The highest BCUT2D eigenvalue weighted by Crippen LogP contribution is 2.47. The lowest BCUT2D eigenvalue weighted by Crippen LogP contribution is -2.42. The lowest BCUT2D eigenvalue weighted by atomic mass is 9.58. The molecule has 0 spiro atoms. The fourth-order valence-corrected chi connectivity index (χ4v) is 12.7. The third-order valence-electron chi connectivity index (χ3n) is 15.7. The zero-order valence-corrected chi connectivity index (χ0v) is 40.8. The SMILES string of the molecule is CC(C)C(C#Cc1ccc2cc3cc4cc5cc(-c6ccc7nc8cc9nc%10cc(C(C(C)C)(C(C)C)C(C)C)ccc%10nc9cc8nc7c6)ccc5cc4cc3cc2c1)(C(C)C)C(C)C. The fourth-order valence-electron chi connectivity index (χ4n) is 12.7. The first kappa shape index (κ1) is 43.5. The predicted octanol–water partition coefficient (Wildman–Crippen LogP) is 16.7. The molecule has 0 saturated heterocycles. The van der Waals surface area contributed by atoms with Gasteiger partial charge in [0.05, 0.1) is 44.1 Å². The number of aromatic nitrogens is 4. The lowest BCUT2D eigenvalue weighted by molar-refractivity contribution is 0.123. The third-order valence-corrected chi connectivity index (χ3v) is 15.7. The lowest BCUT2D eigenvalue weighted by Gasteiger charge is -2.46. The van der Waals surface area contributed by atoms with Crippen LogP contribution in [0.15, 0.2) is 121 Å². The summed E-state index contributed by atoms with van der Waals surface area (Å²) in [5, 5.41) is 9.83. The molecule has 0 radical (unpaired) electrons. The van der Waals surface area contributed by atoms with Crippen LogP contribution in [0.3, 0.4) is 0 Å². The monoisotopic (exact) mass is 862 g/mol. The Balaban J connectivity index is 0.972. The van der Waals surface area contributed by atoms with E-state index < -0.39 is 0 Å². The van der Waals surface area contributed by atoms with Gasteiger partial charge in [0.25, 0.3) is 0 Å².